The highest BCUT2D eigenvalue weighted by Gasteiger charge is 2.25. The van der Waals surface area contributed by atoms with Gasteiger partial charge in [0.1, 0.15) is 4.88 Å². The molecule has 146 valence electrons. The third-order valence-electron chi connectivity index (χ3n) is 4.06. The van der Waals surface area contributed by atoms with Crippen LogP contribution in [0, 0.1) is 6.92 Å². The number of aliphatic imine (C=N–C) groups is 1. The predicted octanol–water partition coefficient (Wildman–Crippen LogP) is 0.975. The lowest BCUT2D eigenvalue weighted by atomic mass is 10.3. The second-order valence-corrected chi connectivity index (χ2v) is 6.70. The van der Waals surface area contributed by atoms with Crippen LogP contribution < -0.4 is 16.0 Å². The van der Waals surface area contributed by atoms with Gasteiger partial charge in [0.05, 0.1) is 11.2 Å². The average Bonchev–Trinajstić information content (AvgIpc) is 3.25. The highest BCUT2D eigenvalue weighted by atomic mass is 127. The summed E-state index contributed by atoms with van der Waals surface area (Å²) < 4.78 is 0. The van der Waals surface area contributed by atoms with E-state index < -0.39 is 0 Å². The lowest BCUT2D eigenvalue weighted by Crippen LogP contribution is -2.46. The number of nitrogens with one attached hydrogen (secondary N) is 3. The number of hydrogen-bond acceptors (Lipinski definition) is 5. The Morgan fingerprint density at radius 1 is 1.38 bits per heavy atom. The van der Waals surface area contributed by atoms with Crippen molar-refractivity contribution >= 4 is 53.1 Å². The zero-order chi connectivity index (χ0) is 18.2. The quantitative estimate of drug-likeness (QED) is 0.237. The van der Waals surface area contributed by atoms with Gasteiger partial charge in [-0.1, -0.05) is 6.92 Å². The number of thiazole rings is 1. The van der Waals surface area contributed by atoms with Crippen molar-refractivity contribution in [3.05, 3.63) is 16.1 Å². The predicted molar refractivity (Wildman–Crippen MR) is 114 cm³/mol. The number of amides is 2. The van der Waals surface area contributed by atoms with E-state index in [9.17, 15) is 9.59 Å². The van der Waals surface area contributed by atoms with Crippen LogP contribution in [0.2, 0.25) is 0 Å². The van der Waals surface area contributed by atoms with Crippen LogP contribution in [0.15, 0.2) is 10.5 Å². The van der Waals surface area contributed by atoms with E-state index in [0.717, 1.165) is 18.7 Å². The summed E-state index contributed by atoms with van der Waals surface area (Å²) in [6.45, 7) is 6.24. The third kappa shape index (κ3) is 6.38. The Balaban J connectivity index is 0.00000338. The maximum Gasteiger partial charge on any atom is 0.263 e. The van der Waals surface area contributed by atoms with E-state index in [-0.39, 0.29) is 41.8 Å². The Hall–Kier alpha value is -1.43. The fourth-order valence-electron chi connectivity index (χ4n) is 2.67. The van der Waals surface area contributed by atoms with E-state index in [4.69, 9.17) is 0 Å². The minimum absolute atomic E-state index is 0. The molecule has 0 saturated carbocycles. The fraction of sp³-hybridized carbons (Fsp3) is 0.625. The smallest absolute Gasteiger partial charge is 0.263 e. The van der Waals surface area contributed by atoms with Crippen molar-refractivity contribution in [2.75, 3.05) is 33.2 Å². The normalized spacial score (nSPS) is 16.8. The van der Waals surface area contributed by atoms with E-state index in [2.05, 4.69) is 25.9 Å². The highest BCUT2D eigenvalue weighted by Crippen LogP contribution is 2.11. The Kier molecular flexibility index (Phi) is 9.84. The van der Waals surface area contributed by atoms with E-state index in [0.29, 0.717) is 36.9 Å². The van der Waals surface area contributed by atoms with Gasteiger partial charge in [-0.25, -0.2) is 4.98 Å². The molecule has 0 spiro atoms. The molecule has 0 aliphatic carbocycles. The summed E-state index contributed by atoms with van der Waals surface area (Å²) in [6.07, 6.45) is 1.45. The fourth-order valence-corrected chi connectivity index (χ4v) is 3.39. The van der Waals surface area contributed by atoms with Gasteiger partial charge in [-0.15, -0.1) is 35.3 Å². The number of aryl methyl sites for hydroxylation is 1. The summed E-state index contributed by atoms with van der Waals surface area (Å²) >= 11 is 1.34. The summed E-state index contributed by atoms with van der Waals surface area (Å²) in [4.78, 5) is 34.5. The minimum Gasteiger partial charge on any atom is -0.355 e. The highest BCUT2D eigenvalue weighted by molar-refractivity contribution is 14.0. The van der Waals surface area contributed by atoms with Gasteiger partial charge in [-0.3, -0.25) is 14.6 Å². The number of carbonyl (C=O) groups excluding carboxylic acids is 2. The van der Waals surface area contributed by atoms with Crippen molar-refractivity contribution in [3.63, 3.8) is 0 Å². The molecule has 1 unspecified atom stereocenters. The Bertz CT molecular complexity index is 636. The van der Waals surface area contributed by atoms with Crippen LogP contribution in [0.25, 0.3) is 0 Å². The molecule has 1 saturated heterocycles. The third-order valence-corrected chi connectivity index (χ3v) is 4.99. The second-order valence-electron chi connectivity index (χ2n) is 5.85. The van der Waals surface area contributed by atoms with Crippen LogP contribution in [0.5, 0.6) is 0 Å². The molecule has 0 radical (unpaired) electrons. The van der Waals surface area contributed by atoms with Crippen molar-refractivity contribution in [1.82, 2.24) is 25.8 Å². The monoisotopic (exact) mass is 494 g/mol. The molecule has 8 nitrogen and oxygen atoms in total. The molecule has 0 aromatic carbocycles. The van der Waals surface area contributed by atoms with Gasteiger partial charge in [0.15, 0.2) is 5.96 Å². The van der Waals surface area contributed by atoms with Crippen molar-refractivity contribution in [3.8, 4) is 0 Å². The molecule has 10 heteroatoms. The average molecular weight is 494 g/mol. The molecule has 26 heavy (non-hydrogen) atoms. The van der Waals surface area contributed by atoms with Gasteiger partial charge in [-0.2, -0.15) is 0 Å². The molecule has 2 heterocycles. The number of guanidine groups is 1. The van der Waals surface area contributed by atoms with E-state index >= 15 is 0 Å². The maximum atomic E-state index is 12.0. The molecular weight excluding hydrogens is 467 g/mol. The summed E-state index contributed by atoms with van der Waals surface area (Å²) in [5.41, 5.74) is 2.42. The van der Waals surface area contributed by atoms with Crippen LogP contribution in [-0.2, 0) is 4.79 Å². The van der Waals surface area contributed by atoms with Gasteiger partial charge in [0, 0.05) is 45.7 Å². The SMILES string of the molecule is CCC(=O)N1CCC(NC(=NC)NCCNC(=O)c2scnc2C)C1.I. The number of aromatic nitrogens is 1. The maximum absolute atomic E-state index is 12.0. The number of carbonyl (C=O) groups is 2. The summed E-state index contributed by atoms with van der Waals surface area (Å²) in [6, 6.07) is 0.205. The number of rotatable bonds is 6. The van der Waals surface area contributed by atoms with E-state index in [1.54, 1.807) is 12.6 Å². The summed E-state index contributed by atoms with van der Waals surface area (Å²) in [7, 11) is 1.71. The van der Waals surface area contributed by atoms with Gasteiger partial charge < -0.3 is 20.9 Å². The van der Waals surface area contributed by atoms with Gasteiger partial charge in [0.2, 0.25) is 5.91 Å². The zero-order valence-electron chi connectivity index (χ0n) is 15.4. The molecule has 1 atom stereocenters. The molecule has 1 aromatic heterocycles. The Morgan fingerprint density at radius 3 is 2.73 bits per heavy atom. The summed E-state index contributed by atoms with van der Waals surface area (Å²) in [5.74, 6) is 0.765. The largest absolute Gasteiger partial charge is 0.355 e. The van der Waals surface area contributed by atoms with Crippen molar-refractivity contribution < 1.29 is 9.59 Å². The van der Waals surface area contributed by atoms with E-state index in [1.807, 2.05) is 18.7 Å². The lowest BCUT2D eigenvalue weighted by Gasteiger charge is -2.18. The Morgan fingerprint density at radius 2 is 2.12 bits per heavy atom. The first-order valence-electron chi connectivity index (χ1n) is 8.48. The molecule has 1 fully saturated rings. The first-order chi connectivity index (χ1) is 12.0. The molecule has 1 aliphatic rings. The molecule has 1 aliphatic heterocycles. The molecule has 1 aromatic rings. The van der Waals surface area contributed by atoms with Crippen LogP contribution in [-0.4, -0.2) is 66.9 Å². The minimum atomic E-state index is -0.103. The number of likely N-dealkylation sites (tertiary alicyclic amines) is 1. The van der Waals surface area contributed by atoms with Gasteiger partial charge in [0.25, 0.3) is 5.91 Å². The molecular formula is C16H27IN6O2S. The lowest BCUT2D eigenvalue weighted by molar-refractivity contribution is -0.129. The molecule has 2 amide bonds. The zero-order valence-corrected chi connectivity index (χ0v) is 18.5. The standard InChI is InChI=1S/C16H26N6O2S.HI/c1-4-13(23)22-8-5-12(9-22)21-16(17-3)19-7-6-18-15(24)14-11(2)20-10-25-14;/h10,12H,4-9H2,1-3H3,(H,18,24)(H2,17,19,21);1H. The number of hydrogen-bond donors (Lipinski definition) is 3. The van der Waals surface area contributed by atoms with E-state index in [1.165, 1.54) is 11.3 Å². The van der Waals surface area contributed by atoms with Crippen LogP contribution in [0.3, 0.4) is 0 Å². The van der Waals surface area contributed by atoms with Gasteiger partial charge >= 0.3 is 0 Å². The van der Waals surface area contributed by atoms with Gasteiger partial charge in [-0.05, 0) is 13.3 Å². The molecule has 0 bridgehead atoms. The topological polar surface area (TPSA) is 98.7 Å². The number of halogens is 1. The summed E-state index contributed by atoms with van der Waals surface area (Å²) in [5, 5.41) is 9.36. The first-order valence-corrected chi connectivity index (χ1v) is 9.36. The van der Waals surface area contributed by atoms with Crippen molar-refractivity contribution in [2.45, 2.75) is 32.7 Å². The molecule has 3 N–H and O–H groups in total. The van der Waals surface area contributed by atoms with Crippen molar-refractivity contribution in [1.29, 1.82) is 0 Å². The van der Waals surface area contributed by atoms with Crippen LogP contribution in [0.1, 0.15) is 35.1 Å². The van der Waals surface area contributed by atoms with Crippen LogP contribution in [0.4, 0.5) is 0 Å². The molecule has 2 rings (SSSR count). The first kappa shape index (κ1) is 22.6. The van der Waals surface area contributed by atoms with Crippen molar-refractivity contribution in [2.24, 2.45) is 4.99 Å². The Labute approximate surface area is 175 Å². The number of nitrogens with zero attached hydrogens (tertiary/aromatic N) is 3. The second kappa shape index (κ2) is 11.3. The van der Waals surface area contributed by atoms with Crippen LogP contribution >= 0.6 is 35.3 Å².